The minimum Gasteiger partial charge on any atom is -0.355 e. The van der Waals surface area contributed by atoms with Gasteiger partial charge in [-0.25, -0.2) is 4.98 Å². The van der Waals surface area contributed by atoms with Crippen LogP contribution in [-0.4, -0.2) is 28.0 Å². The fourth-order valence-electron chi connectivity index (χ4n) is 3.76. The molecule has 27 heavy (non-hydrogen) atoms. The van der Waals surface area contributed by atoms with Gasteiger partial charge in [0.05, 0.1) is 16.9 Å². The van der Waals surface area contributed by atoms with Crippen molar-refractivity contribution in [2.45, 2.75) is 12.8 Å². The molecule has 0 spiro atoms. The van der Waals surface area contributed by atoms with Crippen LogP contribution in [0, 0.1) is 6.92 Å². The van der Waals surface area contributed by atoms with Crippen molar-refractivity contribution in [1.29, 1.82) is 0 Å². The molecule has 0 bridgehead atoms. The van der Waals surface area contributed by atoms with E-state index < -0.39 is 0 Å². The molecule has 1 saturated heterocycles. The van der Waals surface area contributed by atoms with Crippen LogP contribution < -0.4 is 4.90 Å². The molecule has 2 aromatic heterocycles. The van der Waals surface area contributed by atoms with Crippen LogP contribution in [0.4, 0.5) is 5.82 Å². The lowest BCUT2D eigenvalue weighted by molar-refractivity contribution is 0.509. The Balaban J connectivity index is 1.42. The van der Waals surface area contributed by atoms with E-state index in [0.29, 0.717) is 5.92 Å². The van der Waals surface area contributed by atoms with Crippen molar-refractivity contribution >= 4 is 16.7 Å². The van der Waals surface area contributed by atoms with Gasteiger partial charge in [0.15, 0.2) is 0 Å². The highest BCUT2D eigenvalue weighted by Gasteiger charge is 2.32. The van der Waals surface area contributed by atoms with Crippen LogP contribution in [0.25, 0.3) is 22.2 Å². The molecular weight excluding hydrogens is 332 g/mol. The largest absolute Gasteiger partial charge is 0.355 e. The Hall–Kier alpha value is -3.27. The van der Waals surface area contributed by atoms with E-state index in [9.17, 15) is 0 Å². The Morgan fingerprint density at radius 3 is 2.52 bits per heavy atom. The summed E-state index contributed by atoms with van der Waals surface area (Å²) in [6, 6.07) is 20.9. The van der Waals surface area contributed by atoms with Crippen LogP contribution in [0.5, 0.6) is 0 Å². The maximum absolute atomic E-state index is 4.81. The van der Waals surface area contributed by atoms with Crippen LogP contribution in [0.1, 0.15) is 17.2 Å². The Morgan fingerprint density at radius 1 is 0.852 bits per heavy atom. The third-order valence-electron chi connectivity index (χ3n) is 5.30. The molecule has 0 atom stereocenters. The number of nitrogens with zero attached hydrogens (tertiary/aromatic N) is 4. The van der Waals surface area contributed by atoms with Crippen LogP contribution in [0.2, 0.25) is 0 Å². The zero-order valence-electron chi connectivity index (χ0n) is 15.2. The maximum Gasteiger partial charge on any atom is 0.129 e. The number of benzene rings is 2. The smallest absolute Gasteiger partial charge is 0.129 e. The highest BCUT2D eigenvalue weighted by molar-refractivity contribution is 5.80. The summed E-state index contributed by atoms with van der Waals surface area (Å²) in [6.07, 6.45) is 3.58. The lowest BCUT2D eigenvalue weighted by atomic mass is 9.91. The zero-order chi connectivity index (χ0) is 18.2. The molecule has 1 fully saturated rings. The molecule has 1 aliphatic heterocycles. The SMILES string of the molecule is Cc1ccccc1-c1nccnc1C1CN(c2ccc3ccccc3n2)C1. The minimum atomic E-state index is 0.376. The predicted molar refractivity (Wildman–Crippen MR) is 109 cm³/mol. The van der Waals surface area contributed by atoms with E-state index in [1.807, 2.05) is 12.1 Å². The Kier molecular flexibility index (Phi) is 3.82. The van der Waals surface area contributed by atoms with Gasteiger partial charge in [-0.1, -0.05) is 42.5 Å². The van der Waals surface area contributed by atoms with Crippen molar-refractivity contribution in [1.82, 2.24) is 15.0 Å². The normalized spacial score (nSPS) is 14.3. The van der Waals surface area contributed by atoms with Crippen molar-refractivity contribution in [3.05, 3.63) is 84.3 Å². The minimum absolute atomic E-state index is 0.376. The first-order valence-corrected chi connectivity index (χ1v) is 9.27. The Bertz CT molecular complexity index is 1120. The summed E-state index contributed by atoms with van der Waals surface area (Å²) in [5, 5.41) is 1.18. The first-order valence-electron chi connectivity index (χ1n) is 9.27. The van der Waals surface area contributed by atoms with E-state index in [0.717, 1.165) is 35.8 Å². The molecule has 2 aromatic carbocycles. The first kappa shape index (κ1) is 15.9. The lowest BCUT2D eigenvalue weighted by Crippen LogP contribution is -2.46. The van der Waals surface area contributed by atoms with E-state index in [4.69, 9.17) is 4.98 Å². The predicted octanol–water partition coefficient (Wildman–Crippen LogP) is 4.60. The third-order valence-corrected chi connectivity index (χ3v) is 5.30. The van der Waals surface area contributed by atoms with E-state index in [2.05, 4.69) is 70.3 Å². The van der Waals surface area contributed by atoms with Crippen molar-refractivity contribution in [3.8, 4) is 11.3 Å². The lowest BCUT2D eigenvalue weighted by Gasteiger charge is -2.40. The van der Waals surface area contributed by atoms with Gasteiger partial charge in [0.1, 0.15) is 5.82 Å². The fraction of sp³-hybridized carbons (Fsp3) is 0.174. The molecule has 3 heterocycles. The monoisotopic (exact) mass is 352 g/mol. The summed E-state index contributed by atoms with van der Waals surface area (Å²) >= 11 is 0. The highest BCUT2D eigenvalue weighted by Crippen LogP contribution is 2.35. The molecule has 0 radical (unpaired) electrons. The topological polar surface area (TPSA) is 41.9 Å². The van der Waals surface area contributed by atoms with Crippen LogP contribution in [0.15, 0.2) is 73.1 Å². The van der Waals surface area contributed by atoms with E-state index in [-0.39, 0.29) is 0 Å². The number of rotatable bonds is 3. The molecule has 0 aliphatic carbocycles. The van der Waals surface area contributed by atoms with Gasteiger partial charge in [0.2, 0.25) is 0 Å². The van der Waals surface area contributed by atoms with Crippen LogP contribution in [-0.2, 0) is 0 Å². The quantitative estimate of drug-likeness (QED) is 0.540. The van der Waals surface area contributed by atoms with Gasteiger partial charge < -0.3 is 4.90 Å². The van der Waals surface area contributed by atoms with Crippen LogP contribution >= 0.6 is 0 Å². The molecule has 5 rings (SSSR count). The summed E-state index contributed by atoms with van der Waals surface area (Å²) in [4.78, 5) is 16.5. The maximum atomic E-state index is 4.81. The third kappa shape index (κ3) is 2.83. The van der Waals surface area contributed by atoms with Gasteiger partial charge in [-0.15, -0.1) is 0 Å². The standard InChI is InChI=1S/C23H20N4/c1-16-6-2-4-8-19(16)23-22(24-12-13-25-23)18-14-27(15-18)21-11-10-17-7-3-5-9-20(17)26-21/h2-13,18H,14-15H2,1H3. The second-order valence-electron chi connectivity index (χ2n) is 7.07. The number of para-hydroxylation sites is 1. The van der Waals surface area contributed by atoms with Gasteiger partial charge in [-0.2, -0.15) is 0 Å². The Labute approximate surface area is 158 Å². The van der Waals surface area contributed by atoms with E-state index >= 15 is 0 Å². The fourth-order valence-corrected chi connectivity index (χ4v) is 3.76. The number of hydrogen-bond donors (Lipinski definition) is 0. The summed E-state index contributed by atoms with van der Waals surface area (Å²) in [7, 11) is 0. The molecule has 4 heteroatoms. The Morgan fingerprint density at radius 2 is 1.63 bits per heavy atom. The molecular formula is C23H20N4. The summed E-state index contributed by atoms with van der Waals surface area (Å²) < 4.78 is 0. The van der Waals surface area contributed by atoms with Gasteiger partial charge >= 0.3 is 0 Å². The summed E-state index contributed by atoms with van der Waals surface area (Å²) in [5.41, 5.74) is 5.53. The van der Waals surface area contributed by atoms with Crippen molar-refractivity contribution in [2.24, 2.45) is 0 Å². The number of pyridine rings is 1. The van der Waals surface area contributed by atoms with Gasteiger partial charge in [0.25, 0.3) is 0 Å². The molecule has 132 valence electrons. The molecule has 0 saturated carbocycles. The molecule has 4 aromatic rings. The average molecular weight is 352 g/mol. The zero-order valence-corrected chi connectivity index (χ0v) is 15.2. The average Bonchev–Trinajstić information content (AvgIpc) is 2.68. The van der Waals surface area contributed by atoms with E-state index in [1.165, 1.54) is 16.5 Å². The number of fused-ring (bicyclic) bond motifs is 1. The van der Waals surface area contributed by atoms with Crippen molar-refractivity contribution in [2.75, 3.05) is 18.0 Å². The number of aromatic nitrogens is 3. The molecule has 1 aliphatic rings. The number of anilines is 1. The second-order valence-corrected chi connectivity index (χ2v) is 7.07. The summed E-state index contributed by atoms with van der Waals surface area (Å²) in [6.45, 7) is 3.96. The van der Waals surface area contributed by atoms with Gasteiger partial charge in [-0.05, 0) is 30.7 Å². The van der Waals surface area contributed by atoms with Gasteiger partial charge in [0, 0.05) is 42.4 Å². The number of aryl methyl sites for hydroxylation is 1. The summed E-state index contributed by atoms with van der Waals surface area (Å²) in [5.74, 6) is 1.41. The highest BCUT2D eigenvalue weighted by atomic mass is 15.2. The van der Waals surface area contributed by atoms with Crippen molar-refractivity contribution in [3.63, 3.8) is 0 Å². The van der Waals surface area contributed by atoms with Gasteiger partial charge in [-0.3, -0.25) is 9.97 Å². The molecule has 0 amide bonds. The van der Waals surface area contributed by atoms with Crippen molar-refractivity contribution < 1.29 is 0 Å². The first-order chi connectivity index (χ1) is 13.3. The number of hydrogen-bond acceptors (Lipinski definition) is 4. The molecule has 0 N–H and O–H groups in total. The second kappa shape index (κ2) is 6.47. The van der Waals surface area contributed by atoms with Crippen LogP contribution in [0.3, 0.4) is 0 Å². The molecule has 0 unspecified atom stereocenters. The van der Waals surface area contributed by atoms with E-state index in [1.54, 1.807) is 12.4 Å². The molecule has 4 nitrogen and oxygen atoms in total.